The highest BCUT2D eigenvalue weighted by atomic mass is 16.2. The number of hydrogen-bond donors (Lipinski definition) is 2. The zero-order valence-corrected chi connectivity index (χ0v) is 15.0. The van der Waals surface area contributed by atoms with Crippen LogP contribution in [0, 0.1) is 5.92 Å². The molecule has 4 heterocycles. The molecule has 0 aromatic carbocycles. The van der Waals surface area contributed by atoms with Gasteiger partial charge in [0.2, 0.25) is 0 Å². The van der Waals surface area contributed by atoms with E-state index in [1.54, 1.807) is 6.07 Å². The van der Waals surface area contributed by atoms with Crippen molar-refractivity contribution in [2.24, 2.45) is 5.92 Å². The quantitative estimate of drug-likeness (QED) is 0.847. The Morgan fingerprint density at radius 2 is 2.24 bits per heavy atom. The Balaban J connectivity index is 1.50. The average Bonchev–Trinajstić information content (AvgIpc) is 3.08. The SMILES string of the molecule is CCN1CCC[C@H]1CNC(=O)c1ccc2n(c1=O)C[C@@H]1CNC[C@H]2C1. The lowest BCUT2D eigenvalue weighted by Crippen LogP contribution is -2.47. The number of carbonyl (C=O) groups excluding carboxylic acids is 1. The van der Waals surface area contributed by atoms with Crippen LogP contribution >= 0.6 is 0 Å². The van der Waals surface area contributed by atoms with E-state index >= 15 is 0 Å². The number of likely N-dealkylation sites (N-methyl/N-ethyl adjacent to an activating group) is 1. The van der Waals surface area contributed by atoms with Crippen LogP contribution in [0.25, 0.3) is 0 Å². The molecule has 6 heteroatoms. The van der Waals surface area contributed by atoms with E-state index in [0.717, 1.165) is 51.3 Å². The summed E-state index contributed by atoms with van der Waals surface area (Å²) in [6.45, 7) is 7.52. The summed E-state index contributed by atoms with van der Waals surface area (Å²) in [6, 6.07) is 4.11. The molecule has 2 bridgehead atoms. The van der Waals surface area contributed by atoms with E-state index in [1.807, 2.05) is 10.6 Å². The van der Waals surface area contributed by atoms with Crippen LogP contribution in [0.1, 0.15) is 48.2 Å². The van der Waals surface area contributed by atoms with Crippen molar-refractivity contribution in [3.8, 4) is 0 Å². The highest BCUT2D eigenvalue weighted by Gasteiger charge is 2.32. The maximum absolute atomic E-state index is 12.9. The summed E-state index contributed by atoms with van der Waals surface area (Å²) in [5, 5.41) is 6.44. The van der Waals surface area contributed by atoms with Gasteiger partial charge in [0.1, 0.15) is 5.56 Å². The molecule has 3 aliphatic rings. The van der Waals surface area contributed by atoms with Crippen LogP contribution < -0.4 is 16.2 Å². The van der Waals surface area contributed by atoms with E-state index in [2.05, 4.69) is 22.5 Å². The molecule has 1 amide bonds. The Bertz CT molecular complexity index is 714. The van der Waals surface area contributed by atoms with E-state index < -0.39 is 0 Å². The van der Waals surface area contributed by atoms with Crippen molar-refractivity contribution in [1.29, 1.82) is 0 Å². The van der Waals surface area contributed by atoms with Gasteiger partial charge in [-0.15, -0.1) is 0 Å². The molecule has 3 aliphatic heterocycles. The highest BCUT2D eigenvalue weighted by molar-refractivity contribution is 5.93. The van der Waals surface area contributed by atoms with Gasteiger partial charge in [0.15, 0.2) is 0 Å². The van der Waals surface area contributed by atoms with Gasteiger partial charge in [-0.2, -0.15) is 0 Å². The molecule has 0 radical (unpaired) electrons. The number of likely N-dealkylation sites (tertiary alicyclic amines) is 1. The van der Waals surface area contributed by atoms with Crippen LogP contribution in [0.2, 0.25) is 0 Å². The van der Waals surface area contributed by atoms with Crippen LogP contribution in [0.4, 0.5) is 0 Å². The van der Waals surface area contributed by atoms with Crippen molar-refractivity contribution >= 4 is 5.91 Å². The van der Waals surface area contributed by atoms with Crippen molar-refractivity contribution in [2.45, 2.75) is 44.7 Å². The molecule has 6 nitrogen and oxygen atoms in total. The molecule has 0 unspecified atom stereocenters. The number of piperidine rings is 1. The molecule has 2 fully saturated rings. The third kappa shape index (κ3) is 3.13. The first-order chi connectivity index (χ1) is 12.2. The Morgan fingerprint density at radius 1 is 1.36 bits per heavy atom. The minimum Gasteiger partial charge on any atom is -0.350 e. The first kappa shape index (κ1) is 16.8. The largest absolute Gasteiger partial charge is 0.350 e. The van der Waals surface area contributed by atoms with Crippen molar-refractivity contribution in [2.75, 3.05) is 32.7 Å². The van der Waals surface area contributed by atoms with E-state index in [1.165, 1.54) is 6.42 Å². The molecule has 3 atom stereocenters. The minimum absolute atomic E-state index is 0.120. The number of hydrogen-bond acceptors (Lipinski definition) is 4. The third-order valence-corrected chi connectivity index (χ3v) is 6.16. The van der Waals surface area contributed by atoms with Crippen LogP contribution in [-0.4, -0.2) is 54.1 Å². The number of carbonyl (C=O) groups is 1. The highest BCUT2D eigenvalue weighted by Crippen LogP contribution is 2.31. The molecule has 1 aromatic rings. The van der Waals surface area contributed by atoms with Crippen LogP contribution in [-0.2, 0) is 6.54 Å². The van der Waals surface area contributed by atoms with Crippen LogP contribution in [0.15, 0.2) is 16.9 Å². The lowest BCUT2D eigenvalue weighted by Gasteiger charge is -2.37. The Morgan fingerprint density at radius 3 is 3.08 bits per heavy atom. The number of fused-ring (bicyclic) bond motifs is 4. The van der Waals surface area contributed by atoms with Gasteiger partial charge < -0.3 is 15.2 Å². The smallest absolute Gasteiger partial charge is 0.263 e. The standard InChI is InChI=1S/C19H28N4O2/c1-2-22-7-3-4-15(22)11-21-18(24)16-5-6-17-14-8-13(9-20-10-14)12-23(17)19(16)25/h5-6,13-15,20H,2-4,7-12H2,1H3,(H,21,24)/t13-,14+,15-/m0/s1. The number of rotatable bonds is 4. The maximum Gasteiger partial charge on any atom is 0.263 e. The number of pyridine rings is 1. The molecule has 2 saturated heterocycles. The molecular formula is C19H28N4O2. The zero-order chi connectivity index (χ0) is 17.4. The van der Waals surface area contributed by atoms with E-state index in [9.17, 15) is 9.59 Å². The Kier molecular flexibility index (Phi) is 4.65. The summed E-state index contributed by atoms with van der Waals surface area (Å²) >= 11 is 0. The second-order valence-corrected chi connectivity index (χ2v) is 7.68. The second kappa shape index (κ2) is 6.92. The molecular weight excluding hydrogens is 316 g/mol. The van der Waals surface area contributed by atoms with Gasteiger partial charge in [0, 0.05) is 37.3 Å². The number of nitrogens with one attached hydrogen (secondary N) is 2. The van der Waals surface area contributed by atoms with Crippen LogP contribution in [0.3, 0.4) is 0 Å². The van der Waals surface area contributed by atoms with Gasteiger partial charge in [0.05, 0.1) is 0 Å². The minimum atomic E-state index is -0.225. The fourth-order valence-corrected chi connectivity index (χ4v) is 4.81. The number of amides is 1. The van der Waals surface area contributed by atoms with Crippen molar-refractivity contribution < 1.29 is 4.79 Å². The monoisotopic (exact) mass is 344 g/mol. The number of nitrogens with zero attached hydrogens (tertiary/aromatic N) is 2. The summed E-state index contributed by atoms with van der Waals surface area (Å²) < 4.78 is 1.85. The fourth-order valence-electron chi connectivity index (χ4n) is 4.81. The molecule has 0 saturated carbocycles. The lowest BCUT2D eigenvalue weighted by atomic mass is 9.84. The van der Waals surface area contributed by atoms with E-state index in [0.29, 0.717) is 24.4 Å². The lowest BCUT2D eigenvalue weighted by molar-refractivity contribution is 0.0938. The maximum atomic E-state index is 12.9. The number of aromatic nitrogens is 1. The second-order valence-electron chi connectivity index (χ2n) is 7.68. The first-order valence-corrected chi connectivity index (χ1v) is 9.64. The van der Waals surface area contributed by atoms with E-state index in [-0.39, 0.29) is 17.0 Å². The predicted molar refractivity (Wildman–Crippen MR) is 97.0 cm³/mol. The van der Waals surface area contributed by atoms with Gasteiger partial charge in [-0.1, -0.05) is 6.92 Å². The topological polar surface area (TPSA) is 66.4 Å². The Hall–Kier alpha value is -1.66. The molecule has 1 aromatic heterocycles. The van der Waals surface area contributed by atoms with Gasteiger partial charge in [0.25, 0.3) is 11.5 Å². The molecule has 25 heavy (non-hydrogen) atoms. The Labute approximate surface area is 148 Å². The van der Waals surface area contributed by atoms with E-state index in [4.69, 9.17) is 0 Å². The van der Waals surface area contributed by atoms with Gasteiger partial charge in [-0.3, -0.25) is 14.5 Å². The van der Waals surface area contributed by atoms with Crippen molar-refractivity contribution in [3.63, 3.8) is 0 Å². The molecule has 0 aliphatic carbocycles. The summed E-state index contributed by atoms with van der Waals surface area (Å²) in [4.78, 5) is 27.9. The molecule has 136 valence electrons. The van der Waals surface area contributed by atoms with Crippen molar-refractivity contribution in [1.82, 2.24) is 20.1 Å². The first-order valence-electron chi connectivity index (χ1n) is 9.64. The summed E-state index contributed by atoms with van der Waals surface area (Å²) in [5.74, 6) is 0.671. The predicted octanol–water partition coefficient (Wildman–Crippen LogP) is 0.769. The average molecular weight is 344 g/mol. The van der Waals surface area contributed by atoms with Gasteiger partial charge in [-0.05, 0) is 56.9 Å². The van der Waals surface area contributed by atoms with Gasteiger partial charge >= 0.3 is 0 Å². The van der Waals surface area contributed by atoms with Gasteiger partial charge in [-0.25, -0.2) is 0 Å². The molecule has 0 spiro atoms. The summed E-state index contributed by atoms with van der Waals surface area (Å²) in [7, 11) is 0. The van der Waals surface area contributed by atoms with Crippen molar-refractivity contribution in [3.05, 3.63) is 33.7 Å². The molecule has 4 rings (SSSR count). The normalized spacial score (nSPS) is 28.6. The van der Waals surface area contributed by atoms with Crippen LogP contribution in [0.5, 0.6) is 0 Å². The molecule has 2 N–H and O–H groups in total. The zero-order valence-electron chi connectivity index (χ0n) is 15.0. The summed E-state index contributed by atoms with van der Waals surface area (Å²) in [5.41, 5.74) is 1.25. The third-order valence-electron chi connectivity index (χ3n) is 6.16. The fraction of sp³-hybridized carbons (Fsp3) is 0.684. The summed E-state index contributed by atoms with van der Waals surface area (Å²) in [6.07, 6.45) is 3.45.